The fourth-order valence-electron chi connectivity index (χ4n) is 7.39. The topological polar surface area (TPSA) is 49.9 Å². The summed E-state index contributed by atoms with van der Waals surface area (Å²) < 4.78 is 6.21. The summed E-state index contributed by atoms with van der Waals surface area (Å²) in [7, 11) is 0. The predicted octanol–water partition coefficient (Wildman–Crippen LogP) is 11.2. The van der Waals surface area contributed by atoms with Crippen molar-refractivity contribution in [3.8, 4) is 11.1 Å². The normalized spacial score (nSPS) is 14.7. The molecule has 1 N–H and O–H groups in total. The van der Waals surface area contributed by atoms with E-state index in [1.807, 2.05) is 48.5 Å². The van der Waals surface area contributed by atoms with Crippen LogP contribution in [0, 0.1) is 0 Å². The zero-order valence-electron chi connectivity index (χ0n) is 26.5. The summed E-state index contributed by atoms with van der Waals surface area (Å²) in [6.07, 6.45) is -0.322. The molecule has 0 fully saturated rings. The molecule has 0 spiro atoms. The summed E-state index contributed by atoms with van der Waals surface area (Å²) in [4.78, 5) is 10.3. The monoisotopic (exact) mass is 627 g/mol. The Bertz CT molecular complexity index is 2760. The molecule has 1 aliphatic rings. The molecule has 4 nitrogen and oxygen atoms in total. The van der Waals surface area contributed by atoms with Gasteiger partial charge in [0, 0.05) is 21.9 Å². The van der Waals surface area contributed by atoms with E-state index in [0.29, 0.717) is 5.84 Å². The maximum Gasteiger partial charge on any atom is 0.160 e. The van der Waals surface area contributed by atoms with Crippen LogP contribution in [0.25, 0.3) is 65.4 Å². The summed E-state index contributed by atoms with van der Waals surface area (Å²) in [5.74, 6) is 1.47. The number of nitrogens with zero attached hydrogens (tertiary/aromatic N) is 2. The standard InChI is InChI=1S/C45H29N3O/c1-2-11-29(12-3-1)43-46-44(48-45(47-43)38-18-10-20-41-42(38)37-17-8-9-19-40(37)49-41)30-23-21-28(22-24-30)31-25-26-36-34-15-5-4-13-32(34)33-14-6-7-16-35(33)39(36)27-31/h1-27,44H,(H,46,47,48). The van der Waals surface area contributed by atoms with Gasteiger partial charge in [-0.1, -0.05) is 146 Å². The van der Waals surface area contributed by atoms with E-state index in [2.05, 4.69) is 121 Å². The summed E-state index contributed by atoms with van der Waals surface area (Å²) in [6, 6.07) is 57.6. The second-order valence-electron chi connectivity index (χ2n) is 12.6. The lowest BCUT2D eigenvalue weighted by Gasteiger charge is -2.24. The van der Waals surface area contributed by atoms with Gasteiger partial charge >= 0.3 is 0 Å². The number of benzene rings is 8. The van der Waals surface area contributed by atoms with Crippen molar-refractivity contribution in [2.24, 2.45) is 9.98 Å². The maximum absolute atomic E-state index is 6.21. The lowest BCUT2D eigenvalue weighted by atomic mass is 9.92. The van der Waals surface area contributed by atoms with E-state index in [9.17, 15) is 0 Å². The molecule has 230 valence electrons. The molecule has 10 rings (SSSR count). The summed E-state index contributed by atoms with van der Waals surface area (Å²) in [5, 5.41) is 13.4. The first kappa shape index (κ1) is 27.6. The lowest BCUT2D eigenvalue weighted by molar-refractivity contribution is 0.668. The van der Waals surface area contributed by atoms with E-state index in [4.69, 9.17) is 14.4 Å². The number of amidine groups is 2. The number of rotatable bonds is 4. The lowest BCUT2D eigenvalue weighted by Crippen LogP contribution is -2.33. The first-order chi connectivity index (χ1) is 24.3. The van der Waals surface area contributed by atoms with Crippen LogP contribution in [-0.2, 0) is 0 Å². The smallest absolute Gasteiger partial charge is 0.160 e. The van der Waals surface area contributed by atoms with Crippen molar-refractivity contribution in [2.45, 2.75) is 6.17 Å². The van der Waals surface area contributed by atoms with Gasteiger partial charge in [0.2, 0.25) is 0 Å². The minimum Gasteiger partial charge on any atom is -0.456 e. The van der Waals surface area contributed by atoms with Gasteiger partial charge in [-0.3, -0.25) is 0 Å². The average Bonchev–Trinajstić information content (AvgIpc) is 3.57. The fraction of sp³-hybridized carbons (Fsp3) is 0.0222. The third kappa shape index (κ3) is 4.53. The largest absolute Gasteiger partial charge is 0.456 e. The molecule has 9 aromatic rings. The van der Waals surface area contributed by atoms with Crippen molar-refractivity contribution in [1.29, 1.82) is 0 Å². The molecule has 0 saturated heterocycles. The maximum atomic E-state index is 6.21. The van der Waals surface area contributed by atoms with Gasteiger partial charge in [-0.15, -0.1) is 0 Å². The molecule has 0 radical (unpaired) electrons. The second kappa shape index (κ2) is 11.0. The van der Waals surface area contributed by atoms with Gasteiger partial charge in [-0.25, -0.2) is 9.98 Å². The minimum atomic E-state index is -0.322. The molecule has 1 unspecified atom stereocenters. The van der Waals surface area contributed by atoms with Crippen molar-refractivity contribution < 1.29 is 4.42 Å². The van der Waals surface area contributed by atoms with E-state index in [-0.39, 0.29) is 6.17 Å². The van der Waals surface area contributed by atoms with Crippen LogP contribution < -0.4 is 5.32 Å². The van der Waals surface area contributed by atoms with Crippen LogP contribution in [0.3, 0.4) is 0 Å². The zero-order chi connectivity index (χ0) is 32.3. The van der Waals surface area contributed by atoms with E-state index >= 15 is 0 Å². The molecule has 0 amide bonds. The van der Waals surface area contributed by atoms with Crippen LogP contribution in [0.15, 0.2) is 178 Å². The first-order valence-electron chi connectivity index (χ1n) is 16.6. The second-order valence-corrected chi connectivity index (χ2v) is 12.6. The Labute approximate surface area is 282 Å². The van der Waals surface area contributed by atoms with Gasteiger partial charge in [0.05, 0.1) is 0 Å². The summed E-state index contributed by atoms with van der Waals surface area (Å²) in [6.45, 7) is 0. The first-order valence-corrected chi connectivity index (χ1v) is 16.6. The Morgan fingerprint density at radius 3 is 1.78 bits per heavy atom. The highest BCUT2D eigenvalue weighted by molar-refractivity contribution is 6.26. The molecule has 0 bridgehead atoms. The molecular formula is C45H29N3O. The molecule has 0 saturated carbocycles. The van der Waals surface area contributed by atoms with Crippen LogP contribution in [0.4, 0.5) is 0 Å². The summed E-state index contributed by atoms with van der Waals surface area (Å²) in [5.41, 5.74) is 7.06. The number of hydrogen-bond acceptors (Lipinski definition) is 4. The van der Waals surface area contributed by atoms with Gasteiger partial charge in [0.15, 0.2) is 5.84 Å². The van der Waals surface area contributed by atoms with Crippen LogP contribution in [0.1, 0.15) is 22.9 Å². The molecule has 1 atom stereocenters. The SMILES string of the molecule is c1ccc(C2=NC(c3cccc4oc5ccccc5c34)=NC(c3ccc(-c4ccc5c6ccccc6c6ccccc6c5c4)cc3)N2)cc1. The molecule has 4 heteroatoms. The van der Waals surface area contributed by atoms with Gasteiger partial charge in [0.1, 0.15) is 23.2 Å². The van der Waals surface area contributed by atoms with E-state index in [1.54, 1.807) is 0 Å². The summed E-state index contributed by atoms with van der Waals surface area (Å²) >= 11 is 0. The number of fused-ring (bicyclic) bond motifs is 9. The molecule has 2 heterocycles. The zero-order valence-corrected chi connectivity index (χ0v) is 26.5. The van der Waals surface area contributed by atoms with Crippen molar-refractivity contribution in [2.75, 3.05) is 0 Å². The molecule has 8 aromatic carbocycles. The molecular weight excluding hydrogens is 599 g/mol. The predicted molar refractivity (Wildman–Crippen MR) is 204 cm³/mol. The van der Waals surface area contributed by atoms with E-state index in [0.717, 1.165) is 50.0 Å². The van der Waals surface area contributed by atoms with Crippen molar-refractivity contribution >= 4 is 65.9 Å². The van der Waals surface area contributed by atoms with Crippen molar-refractivity contribution in [3.05, 3.63) is 180 Å². The Hall–Kier alpha value is -6.52. The Kier molecular flexibility index (Phi) is 6.21. The Balaban J connectivity index is 1.07. The third-order valence-corrected chi connectivity index (χ3v) is 9.74. The van der Waals surface area contributed by atoms with Crippen LogP contribution in [0.5, 0.6) is 0 Å². The van der Waals surface area contributed by atoms with Crippen molar-refractivity contribution in [1.82, 2.24) is 5.32 Å². The van der Waals surface area contributed by atoms with E-state index in [1.165, 1.54) is 37.9 Å². The molecule has 1 aromatic heterocycles. The van der Waals surface area contributed by atoms with Gasteiger partial charge in [0.25, 0.3) is 0 Å². The highest BCUT2D eigenvalue weighted by atomic mass is 16.3. The quantitative estimate of drug-likeness (QED) is 0.197. The van der Waals surface area contributed by atoms with Crippen LogP contribution in [-0.4, -0.2) is 11.7 Å². The highest BCUT2D eigenvalue weighted by Crippen LogP contribution is 2.38. The van der Waals surface area contributed by atoms with Gasteiger partial charge < -0.3 is 9.73 Å². The molecule has 1 aliphatic heterocycles. The average molecular weight is 628 g/mol. The minimum absolute atomic E-state index is 0.322. The van der Waals surface area contributed by atoms with E-state index < -0.39 is 0 Å². The van der Waals surface area contributed by atoms with Gasteiger partial charge in [-0.2, -0.15) is 0 Å². The number of para-hydroxylation sites is 1. The van der Waals surface area contributed by atoms with Crippen molar-refractivity contribution in [3.63, 3.8) is 0 Å². The number of furan rings is 1. The fourth-order valence-corrected chi connectivity index (χ4v) is 7.39. The number of hydrogen-bond donors (Lipinski definition) is 1. The van der Waals surface area contributed by atoms with Crippen LogP contribution >= 0.6 is 0 Å². The Morgan fingerprint density at radius 1 is 0.449 bits per heavy atom. The third-order valence-electron chi connectivity index (χ3n) is 9.74. The van der Waals surface area contributed by atoms with Crippen LogP contribution in [0.2, 0.25) is 0 Å². The number of aliphatic imine (C=N–C) groups is 2. The molecule has 49 heavy (non-hydrogen) atoms. The molecule has 0 aliphatic carbocycles. The highest BCUT2D eigenvalue weighted by Gasteiger charge is 2.23. The van der Waals surface area contributed by atoms with Gasteiger partial charge in [-0.05, 0) is 67.2 Å². The Morgan fingerprint density at radius 2 is 1.04 bits per heavy atom. The number of nitrogens with one attached hydrogen (secondary N) is 1.